The van der Waals surface area contributed by atoms with Crippen molar-refractivity contribution >= 4 is 17.5 Å². The number of fused-ring (bicyclic) bond motifs is 1. The SMILES string of the molecule is Cc1cc(N2CCc3ccccc32)nc(NCc2ccc(F)cc2)n1. The zero-order valence-electron chi connectivity index (χ0n) is 14.0. The van der Waals surface area contributed by atoms with Crippen molar-refractivity contribution in [3.8, 4) is 0 Å². The number of hydrogen-bond acceptors (Lipinski definition) is 4. The molecule has 2 aromatic carbocycles. The van der Waals surface area contributed by atoms with Crippen LogP contribution in [0, 0.1) is 12.7 Å². The minimum atomic E-state index is -0.231. The summed E-state index contributed by atoms with van der Waals surface area (Å²) >= 11 is 0. The van der Waals surface area contributed by atoms with Gasteiger partial charge in [0.2, 0.25) is 5.95 Å². The molecule has 0 amide bonds. The minimum absolute atomic E-state index is 0.231. The Labute approximate surface area is 146 Å². The largest absolute Gasteiger partial charge is 0.350 e. The topological polar surface area (TPSA) is 41.1 Å². The lowest BCUT2D eigenvalue weighted by molar-refractivity contribution is 0.627. The van der Waals surface area contributed by atoms with E-state index in [9.17, 15) is 4.39 Å². The quantitative estimate of drug-likeness (QED) is 0.775. The number of anilines is 3. The van der Waals surface area contributed by atoms with Gasteiger partial charge in [0, 0.05) is 30.5 Å². The van der Waals surface area contributed by atoms with Gasteiger partial charge in [-0.25, -0.2) is 9.37 Å². The molecule has 126 valence electrons. The molecule has 1 N–H and O–H groups in total. The van der Waals surface area contributed by atoms with Crippen molar-refractivity contribution in [1.82, 2.24) is 9.97 Å². The number of halogens is 1. The van der Waals surface area contributed by atoms with E-state index in [0.717, 1.165) is 30.0 Å². The van der Waals surface area contributed by atoms with Crippen LogP contribution in [0.5, 0.6) is 0 Å². The van der Waals surface area contributed by atoms with Crippen LogP contribution in [0.1, 0.15) is 16.8 Å². The summed E-state index contributed by atoms with van der Waals surface area (Å²) in [5.74, 6) is 1.26. The smallest absolute Gasteiger partial charge is 0.225 e. The van der Waals surface area contributed by atoms with Crippen LogP contribution in [-0.4, -0.2) is 16.5 Å². The Bertz CT molecular complexity index is 892. The van der Waals surface area contributed by atoms with Crippen LogP contribution < -0.4 is 10.2 Å². The maximum absolute atomic E-state index is 13.0. The number of aromatic nitrogens is 2. The number of benzene rings is 2. The number of rotatable bonds is 4. The van der Waals surface area contributed by atoms with E-state index < -0.39 is 0 Å². The first-order valence-electron chi connectivity index (χ1n) is 8.38. The zero-order chi connectivity index (χ0) is 17.2. The highest BCUT2D eigenvalue weighted by Crippen LogP contribution is 2.33. The molecule has 4 nitrogen and oxygen atoms in total. The molecule has 3 aromatic rings. The summed E-state index contributed by atoms with van der Waals surface area (Å²) in [7, 11) is 0. The molecule has 0 radical (unpaired) electrons. The van der Waals surface area contributed by atoms with Crippen LogP contribution in [0.3, 0.4) is 0 Å². The van der Waals surface area contributed by atoms with Gasteiger partial charge >= 0.3 is 0 Å². The number of aryl methyl sites for hydroxylation is 1. The lowest BCUT2D eigenvalue weighted by Crippen LogP contribution is -2.16. The second-order valence-electron chi connectivity index (χ2n) is 6.20. The standard InChI is InChI=1S/C20H19FN4/c1-14-12-19(25-11-10-16-4-2-3-5-18(16)25)24-20(23-14)22-13-15-6-8-17(21)9-7-15/h2-9,12H,10-11,13H2,1H3,(H,22,23,24). The first-order chi connectivity index (χ1) is 12.2. The van der Waals surface area contributed by atoms with Crippen molar-refractivity contribution in [2.45, 2.75) is 19.9 Å². The van der Waals surface area contributed by atoms with Crippen molar-refractivity contribution < 1.29 is 4.39 Å². The molecule has 25 heavy (non-hydrogen) atoms. The first-order valence-corrected chi connectivity index (χ1v) is 8.38. The molecular formula is C20H19FN4. The number of nitrogens with zero attached hydrogens (tertiary/aromatic N) is 3. The Morgan fingerprint density at radius 1 is 1.08 bits per heavy atom. The van der Waals surface area contributed by atoms with E-state index in [2.05, 4.69) is 44.5 Å². The van der Waals surface area contributed by atoms with Crippen molar-refractivity contribution in [2.24, 2.45) is 0 Å². The lowest BCUT2D eigenvalue weighted by Gasteiger charge is -2.19. The highest BCUT2D eigenvalue weighted by Gasteiger charge is 2.21. The van der Waals surface area contributed by atoms with E-state index in [4.69, 9.17) is 0 Å². The number of nitrogens with one attached hydrogen (secondary N) is 1. The third-order valence-electron chi connectivity index (χ3n) is 4.37. The third-order valence-corrected chi connectivity index (χ3v) is 4.37. The molecule has 1 aromatic heterocycles. The van der Waals surface area contributed by atoms with Gasteiger partial charge in [-0.2, -0.15) is 4.98 Å². The lowest BCUT2D eigenvalue weighted by atomic mass is 10.2. The molecule has 4 rings (SSSR count). The second-order valence-corrected chi connectivity index (χ2v) is 6.20. The normalized spacial score (nSPS) is 13.0. The van der Waals surface area contributed by atoms with Crippen LogP contribution in [0.4, 0.5) is 21.8 Å². The van der Waals surface area contributed by atoms with Crippen LogP contribution in [0.2, 0.25) is 0 Å². The fourth-order valence-corrected chi connectivity index (χ4v) is 3.13. The van der Waals surface area contributed by atoms with E-state index in [1.807, 2.05) is 13.0 Å². The summed E-state index contributed by atoms with van der Waals surface area (Å²) < 4.78 is 13.0. The Hall–Kier alpha value is -2.95. The summed E-state index contributed by atoms with van der Waals surface area (Å²) in [4.78, 5) is 11.4. The maximum Gasteiger partial charge on any atom is 0.225 e. The molecule has 1 aliphatic heterocycles. The predicted molar refractivity (Wildman–Crippen MR) is 97.6 cm³/mol. The molecule has 1 aliphatic rings. The van der Waals surface area contributed by atoms with Crippen molar-refractivity contribution in [3.63, 3.8) is 0 Å². The monoisotopic (exact) mass is 334 g/mol. The molecular weight excluding hydrogens is 315 g/mol. The van der Waals surface area contributed by atoms with Gasteiger partial charge in [0.1, 0.15) is 11.6 Å². The molecule has 0 fully saturated rings. The highest BCUT2D eigenvalue weighted by atomic mass is 19.1. The number of para-hydroxylation sites is 1. The van der Waals surface area contributed by atoms with E-state index in [-0.39, 0.29) is 5.82 Å². The Morgan fingerprint density at radius 2 is 1.88 bits per heavy atom. The average Bonchev–Trinajstić information content (AvgIpc) is 3.05. The fraction of sp³-hybridized carbons (Fsp3) is 0.200. The van der Waals surface area contributed by atoms with Crippen LogP contribution in [0.15, 0.2) is 54.6 Å². The van der Waals surface area contributed by atoms with Gasteiger partial charge in [0.15, 0.2) is 0 Å². The van der Waals surface area contributed by atoms with E-state index >= 15 is 0 Å². The van der Waals surface area contributed by atoms with Crippen LogP contribution in [-0.2, 0) is 13.0 Å². The van der Waals surface area contributed by atoms with Crippen LogP contribution in [0.25, 0.3) is 0 Å². The Morgan fingerprint density at radius 3 is 2.72 bits per heavy atom. The molecule has 2 heterocycles. The van der Waals surface area contributed by atoms with Gasteiger partial charge in [-0.05, 0) is 42.7 Å². The van der Waals surface area contributed by atoms with E-state index in [1.54, 1.807) is 12.1 Å². The van der Waals surface area contributed by atoms with Crippen molar-refractivity contribution in [2.75, 3.05) is 16.8 Å². The molecule has 0 saturated carbocycles. The van der Waals surface area contributed by atoms with E-state index in [0.29, 0.717) is 12.5 Å². The van der Waals surface area contributed by atoms with Gasteiger partial charge in [0.25, 0.3) is 0 Å². The van der Waals surface area contributed by atoms with Crippen LogP contribution >= 0.6 is 0 Å². The number of hydrogen-bond donors (Lipinski definition) is 1. The van der Waals surface area contributed by atoms with Gasteiger partial charge in [-0.1, -0.05) is 30.3 Å². The average molecular weight is 334 g/mol. The molecule has 0 bridgehead atoms. The third kappa shape index (κ3) is 3.31. The van der Waals surface area contributed by atoms with Gasteiger partial charge < -0.3 is 10.2 Å². The molecule has 5 heteroatoms. The van der Waals surface area contributed by atoms with Crippen molar-refractivity contribution in [1.29, 1.82) is 0 Å². The van der Waals surface area contributed by atoms with Gasteiger partial charge in [0.05, 0.1) is 0 Å². The summed E-state index contributed by atoms with van der Waals surface area (Å²) in [6.07, 6.45) is 1.03. The fourth-order valence-electron chi connectivity index (χ4n) is 3.13. The summed E-state index contributed by atoms with van der Waals surface area (Å²) in [5.41, 5.74) is 4.46. The molecule has 0 saturated heterocycles. The molecule has 0 spiro atoms. The predicted octanol–water partition coefficient (Wildman–Crippen LogP) is 4.23. The molecule has 0 aliphatic carbocycles. The van der Waals surface area contributed by atoms with E-state index in [1.165, 1.54) is 23.4 Å². The Kier molecular flexibility index (Phi) is 4.06. The highest BCUT2D eigenvalue weighted by molar-refractivity contribution is 5.68. The summed E-state index contributed by atoms with van der Waals surface area (Å²) in [6, 6.07) is 16.9. The first kappa shape index (κ1) is 15.6. The molecule has 0 atom stereocenters. The summed E-state index contributed by atoms with van der Waals surface area (Å²) in [5, 5.41) is 3.24. The zero-order valence-corrected chi connectivity index (χ0v) is 14.0. The minimum Gasteiger partial charge on any atom is -0.350 e. The van der Waals surface area contributed by atoms with Gasteiger partial charge in [-0.3, -0.25) is 0 Å². The molecule has 0 unspecified atom stereocenters. The van der Waals surface area contributed by atoms with Crippen molar-refractivity contribution in [3.05, 3.63) is 77.2 Å². The Balaban J connectivity index is 1.56. The second kappa shape index (κ2) is 6.51. The summed E-state index contributed by atoms with van der Waals surface area (Å²) in [6.45, 7) is 3.45. The van der Waals surface area contributed by atoms with Gasteiger partial charge in [-0.15, -0.1) is 0 Å². The maximum atomic E-state index is 13.0.